The number of hydrogen-bond acceptors (Lipinski definition) is 4. The van der Waals surface area contributed by atoms with Crippen molar-refractivity contribution in [2.24, 2.45) is 5.73 Å². The SMILES string of the molecule is COc1cc2c(cc1CC(C)(C)N)OCOC2. The van der Waals surface area contributed by atoms with Crippen molar-refractivity contribution in [2.75, 3.05) is 13.9 Å². The minimum absolute atomic E-state index is 0.271. The van der Waals surface area contributed by atoms with Crippen LogP contribution in [0.2, 0.25) is 0 Å². The summed E-state index contributed by atoms with van der Waals surface area (Å²) in [7, 11) is 1.67. The van der Waals surface area contributed by atoms with Crippen LogP contribution < -0.4 is 15.2 Å². The first-order valence-corrected chi connectivity index (χ1v) is 5.69. The molecule has 1 aliphatic rings. The van der Waals surface area contributed by atoms with Crippen LogP contribution in [0.4, 0.5) is 0 Å². The fourth-order valence-electron chi connectivity index (χ4n) is 1.97. The second-order valence-corrected chi connectivity index (χ2v) is 5.05. The summed E-state index contributed by atoms with van der Waals surface area (Å²) in [4.78, 5) is 0. The average Bonchev–Trinajstić information content (AvgIpc) is 2.26. The van der Waals surface area contributed by atoms with Gasteiger partial charge in [0.1, 0.15) is 11.5 Å². The molecule has 1 aromatic carbocycles. The maximum atomic E-state index is 6.05. The average molecular weight is 237 g/mol. The third-order valence-electron chi connectivity index (χ3n) is 2.66. The van der Waals surface area contributed by atoms with E-state index in [1.54, 1.807) is 7.11 Å². The summed E-state index contributed by atoms with van der Waals surface area (Å²) in [6, 6.07) is 3.97. The molecule has 1 aliphatic heterocycles. The number of hydrogen-bond donors (Lipinski definition) is 1. The Bertz CT molecular complexity index is 410. The third kappa shape index (κ3) is 2.90. The molecule has 0 unspecified atom stereocenters. The fraction of sp³-hybridized carbons (Fsp3) is 0.538. The lowest BCUT2D eigenvalue weighted by Gasteiger charge is -2.24. The molecule has 0 aromatic heterocycles. The summed E-state index contributed by atoms with van der Waals surface area (Å²) in [5, 5.41) is 0. The van der Waals surface area contributed by atoms with Crippen LogP contribution in [-0.2, 0) is 17.8 Å². The van der Waals surface area contributed by atoms with Crippen molar-refractivity contribution in [3.8, 4) is 11.5 Å². The van der Waals surface area contributed by atoms with Gasteiger partial charge in [0.25, 0.3) is 0 Å². The van der Waals surface area contributed by atoms with Crippen molar-refractivity contribution in [3.63, 3.8) is 0 Å². The van der Waals surface area contributed by atoms with Gasteiger partial charge in [0.15, 0.2) is 6.79 Å². The minimum Gasteiger partial charge on any atom is -0.496 e. The predicted octanol–water partition coefficient (Wildman–Crippen LogP) is 1.84. The smallest absolute Gasteiger partial charge is 0.189 e. The molecule has 0 saturated carbocycles. The van der Waals surface area contributed by atoms with Crippen LogP contribution in [0.5, 0.6) is 11.5 Å². The quantitative estimate of drug-likeness (QED) is 0.871. The monoisotopic (exact) mass is 237 g/mol. The Hall–Kier alpha value is -1.26. The van der Waals surface area contributed by atoms with Gasteiger partial charge in [0.05, 0.1) is 13.7 Å². The number of methoxy groups -OCH3 is 1. The van der Waals surface area contributed by atoms with Gasteiger partial charge in [-0.2, -0.15) is 0 Å². The summed E-state index contributed by atoms with van der Waals surface area (Å²) in [6.45, 7) is 4.87. The van der Waals surface area contributed by atoms with E-state index in [1.165, 1.54) is 0 Å². The second-order valence-electron chi connectivity index (χ2n) is 5.05. The van der Waals surface area contributed by atoms with Crippen LogP contribution in [-0.4, -0.2) is 19.4 Å². The summed E-state index contributed by atoms with van der Waals surface area (Å²) in [6.07, 6.45) is 0.744. The molecular formula is C13H19NO3. The van der Waals surface area contributed by atoms with E-state index >= 15 is 0 Å². The molecule has 0 atom stereocenters. The molecule has 1 heterocycles. The van der Waals surface area contributed by atoms with Crippen LogP contribution in [0.15, 0.2) is 12.1 Å². The first-order chi connectivity index (χ1) is 7.99. The van der Waals surface area contributed by atoms with Gasteiger partial charge in [-0.3, -0.25) is 0 Å². The molecule has 0 aliphatic carbocycles. The van der Waals surface area contributed by atoms with Gasteiger partial charge < -0.3 is 19.9 Å². The highest BCUT2D eigenvalue weighted by Gasteiger charge is 2.19. The number of nitrogens with two attached hydrogens (primary N) is 1. The number of benzene rings is 1. The Morgan fingerprint density at radius 3 is 2.82 bits per heavy atom. The Balaban J connectivity index is 2.36. The van der Waals surface area contributed by atoms with Crippen molar-refractivity contribution in [1.82, 2.24) is 0 Å². The van der Waals surface area contributed by atoms with Crippen molar-refractivity contribution >= 4 is 0 Å². The van der Waals surface area contributed by atoms with Crippen molar-refractivity contribution in [1.29, 1.82) is 0 Å². The van der Waals surface area contributed by atoms with Crippen LogP contribution in [0.1, 0.15) is 25.0 Å². The van der Waals surface area contributed by atoms with E-state index in [0.717, 1.165) is 29.0 Å². The Labute approximate surface area is 102 Å². The lowest BCUT2D eigenvalue weighted by molar-refractivity contribution is -0.0165. The summed E-state index contributed by atoms with van der Waals surface area (Å²) >= 11 is 0. The van der Waals surface area contributed by atoms with E-state index in [2.05, 4.69) is 0 Å². The van der Waals surface area contributed by atoms with Crippen LogP contribution in [0, 0.1) is 0 Å². The van der Waals surface area contributed by atoms with E-state index in [0.29, 0.717) is 13.4 Å². The van der Waals surface area contributed by atoms with Gasteiger partial charge in [-0.15, -0.1) is 0 Å². The molecule has 0 amide bonds. The third-order valence-corrected chi connectivity index (χ3v) is 2.66. The molecule has 0 saturated heterocycles. The number of ether oxygens (including phenoxy) is 3. The number of fused-ring (bicyclic) bond motifs is 1. The summed E-state index contributed by atoms with van der Waals surface area (Å²) in [5.74, 6) is 1.72. The molecule has 1 aromatic rings. The highest BCUT2D eigenvalue weighted by Crippen LogP contribution is 2.33. The number of rotatable bonds is 3. The Morgan fingerprint density at radius 2 is 2.18 bits per heavy atom. The highest BCUT2D eigenvalue weighted by atomic mass is 16.7. The zero-order valence-electron chi connectivity index (χ0n) is 10.6. The van der Waals surface area contributed by atoms with E-state index in [4.69, 9.17) is 19.9 Å². The molecule has 4 nitrogen and oxygen atoms in total. The molecule has 2 rings (SSSR count). The second kappa shape index (κ2) is 4.55. The van der Waals surface area contributed by atoms with Gasteiger partial charge in [-0.1, -0.05) is 0 Å². The highest BCUT2D eigenvalue weighted by molar-refractivity contribution is 5.47. The minimum atomic E-state index is -0.271. The topological polar surface area (TPSA) is 53.7 Å². The Morgan fingerprint density at radius 1 is 1.41 bits per heavy atom. The molecule has 17 heavy (non-hydrogen) atoms. The van der Waals surface area contributed by atoms with Crippen molar-refractivity contribution in [2.45, 2.75) is 32.4 Å². The molecule has 0 spiro atoms. The van der Waals surface area contributed by atoms with Gasteiger partial charge in [0.2, 0.25) is 0 Å². The predicted molar refractivity (Wildman–Crippen MR) is 65.2 cm³/mol. The molecule has 94 valence electrons. The van der Waals surface area contributed by atoms with Gasteiger partial charge in [-0.05, 0) is 38.0 Å². The van der Waals surface area contributed by atoms with Gasteiger partial charge in [-0.25, -0.2) is 0 Å². The van der Waals surface area contributed by atoms with Crippen LogP contribution >= 0.6 is 0 Å². The maximum absolute atomic E-state index is 6.05. The standard InChI is InChI=1S/C13H19NO3/c1-13(2,14)6-9-4-12-10(5-11(9)15-3)7-16-8-17-12/h4-5H,6-8,14H2,1-3H3. The van der Waals surface area contributed by atoms with Crippen LogP contribution in [0.25, 0.3) is 0 Å². The molecule has 0 radical (unpaired) electrons. The Kier molecular flexibility index (Phi) is 3.26. The van der Waals surface area contributed by atoms with Crippen molar-refractivity contribution in [3.05, 3.63) is 23.3 Å². The van der Waals surface area contributed by atoms with Gasteiger partial charge >= 0.3 is 0 Å². The van der Waals surface area contributed by atoms with Gasteiger partial charge in [0, 0.05) is 11.1 Å². The normalized spacial score (nSPS) is 15.1. The zero-order chi connectivity index (χ0) is 12.5. The lowest BCUT2D eigenvalue weighted by Crippen LogP contribution is -2.34. The molecule has 0 bridgehead atoms. The molecule has 2 N–H and O–H groups in total. The van der Waals surface area contributed by atoms with Crippen LogP contribution in [0.3, 0.4) is 0 Å². The molecule has 4 heteroatoms. The zero-order valence-corrected chi connectivity index (χ0v) is 10.6. The summed E-state index contributed by atoms with van der Waals surface area (Å²) in [5.41, 5.74) is 7.87. The van der Waals surface area contributed by atoms with E-state index in [1.807, 2.05) is 26.0 Å². The first-order valence-electron chi connectivity index (χ1n) is 5.69. The molecule has 0 fully saturated rings. The first kappa shape index (κ1) is 12.2. The summed E-state index contributed by atoms with van der Waals surface area (Å²) < 4.78 is 16.1. The lowest BCUT2D eigenvalue weighted by atomic mass is 9.94. The fourth-order valence-corrected chi connectivity index (χ4v) is 1.97. The van der Waals surface area contributed by atoms with E-state index < -0.39 is 0 Å². The van der Waals surface area contributed by atoms with E-state index in [9.17, 15) is 0 Å². The van der Waals surface area contributed by atoms with Crippen molar-refractivity contribution < 1.29 is 14.2 Å². The molecular weight excluding hydrogens is 218 g/mol. The maximum Gasteiger partial charge on any atom is 0.189 e. The largest absolute Gasteiger partial charge is 0.496 e. The van der Waals surface area contributed by atoms with E-state index in [-0.39, 0.29) is 5.54 Å².